The molecular weight excluding hydrogens is 144 g/mol. The van der Waals surface area contributed by atoms with Gasteiger partial charge in [0.25, 0.3) is 0 Å². The molecule has 0 rings (SSSR count). The third-order valence-electron chi connectivity index (χ3n) is 1.47. The van der Waals surface area contributed by atoms with E-state index in [1.807, 2.05) is 26.0 Å². The van der Waals surface area contributed by atoms with Crippen molar-refractivity contribution in [3.63, 3.8) is 0 Å². The molecular formula is C8H14O3. The Bertz CT molecular complexity index is 151. The number of methoxy groups -OCH3 is 1. The van der Waals surface area contributed by atoms with Crippen LogP contribution < -0.4 is 0 Å². The summed E-state index contributed by atoms with van der Waals surface area (Å²) in [6, 6.07) is 0. The van der Waals surface area contributed by atoms with Crippen molar-refractivity contribution in [2.75, 3.05) is 7.11 Å². The van der Waals surface area contributed by atoms with Gasteiger partial charge < -0.3 is 9.84 Å². The number of allylic oxidation sites excluding steroid dienone is 1. The van der Waals surface area contributed by atoms with Gasteiger partial charge in [0.1, 0.15) is 0 Å². The van der Waals surface area contributed by atoms with Gasteiger partial charge in [0, 0.05) is 13.0 Å². The summed E-state index contributed by atoms with van der Waals surface area (Å²) in [5.41, 5.74) is 0. The number of carbonyl (C=O) groups is 1. The van der Waals surface area contributed by atoms with Crippen molar-refractivity contribution in [2.45, 2.75) is 20.0 Å². The number of carboxylic acids is 1. The zero-order valence-electron chi connectivity index (χ0n) is 7.07. The van der Waals surface area contributed by atoms with E-state index in [0.29, 0.717) is 0 Å². The van der Waals surface area contributed by atoms with Gasteiger partial charge in [0.15, 0.2) is 6.10 Å². The molecule has 0 aliphatic carbocycles. The highest BCUT2D eigenvalue weighted by Gasteiger charge is 2.21. The zero-order valence-corrected chi connectivity index (χ0v) is 7.07. The van der Waals surface area contributed by atoms with Gasteiger partial charge in [-0.2, -0.15) is 0 Å². The third-order valence-corrected chi connectivity index (χ3v) is 1.47. The number of hydrogen-bond donors (Lipinski definition) is 1. The molecule has 0 spiro atoms. The Labute approximate surface area is 66.7 Å². The molecule has 11 heavy (non-hydrogen) atoms. The maximum absolute atomic E-state index is 10.5. The fourth-order valence-electron chi connectivity index (χ4n) is 0.945. The molecule has 0 aromatic rings. The maximum Gasteiger partial charge on any atom is 0.333 e. The van der Waals surface area contributed by atoms with E-state index in [1.165, 1.54) is 7.11 Å². The van der Waals surface area contributed by atoms with E-state index >= 15 is 0 Å². The number of rotatable bonds is 4. The first-order valence-electron chi connectivity index (χ1n) is 3.52. The summed E-state index contributed by atoms with van der Waals surface area (Å²) in [4.78, 5) is 10.5. The average Bonchev–Trinajstić information content (AvgIpc) is 1.88. The molecule has 0 amide bonds. The first kappa shape index (κ1) is 10.2. The predicted octanol–water partition coefficient (Wildman–Crippen LogP) is 1.30. The predicted molar refractivity (Wildman–Crippen MR) is 42.4 cm³/mol. The molecule has 0 aromatic heterocycles. The summed E-state index contributed by atoms with van der Waals surface area (Å²) in [6.45, 7) is 3.66. The number of carboxylic acid groups (broad SMARTS) is 1. The van der Waals surface area contributed by atoms with E-state index in [2.05, 4.69) is 0 Å². The Morgan fingerprint density at radius 3 is 2.45 bits per heavy atom. The molecule has 0 aliphatic heterocycles. The van der Waals surface area contributed by atoms with Crippen LogP contribution in [0.1, 0.15) is 13.8 Å². The lowest BCUT2D eigenvalue weighted by molar-refractivity contribution is -0.150. The SMILES string of the molecule is C/C=C/[C@@H](C)[C@H](OC)C(=O)O. The molecule has 0 saturated carbocycles. The van der Waals surface area contributed by atoms with Crippen LogP contribution in [0.4, 0.5) is 0 Å². The molecule has 0 unspecified atom stereocenters. The standard InChI is InChI=1S/C8H14O3/c1-4-5-6(2)7(11-3)8(9)10/h4-7H,1-3H3,(H,9,10)/b5-4+/t6-,7+/m1/s1. The molecule has 2 atom stereocenters. The summed E-state index contributed by atoms with van der Waals surface area (Å²) in [7, 11) is 1.40. The van der Waals surface area contributed by atoms with Crippen LogP contribution in [0.25, 0.3) is 0 Å². The summed E-state index contributed by atoms with van der Waals surface area (Å²) in [6.07, 6.45) is 2.90. The molecule has 3 nitrogen and oxygen atoms in total. The second kappa shape index (κ2) is 4.91. The molecule has 0 fully saturated rings. The highest BCUT2D eigenvalue weighted by Crippen LogP contribution is 2.08. The van der Waals surface area contributed by atoms with E-state index in [-0.39, 0.29) is 5.92 Å². The van der Waals surface area contributed by atoms with Crippen molar-refractivity contribution >= 4 is 5.97 Å². The first-order chi connectivity index (χ1) is 5.13. The van der Waals surface area contributed by atoms with Crippen molar-refractivity contribution < 1.29 is 14.6 Å². The quantitative estimate of drug-likeness (QED) is 0.627. The van der Waals surface area contributed by atoms with Crippen LogP contribution in [0.15, 0.2) is 12.2 Å². The summed E-state index contributed by atoms with van der Waals surface area (Å²) in [5, 5.41) is 8.61. The number of aliphatic carboxylic acids is 1. The first-order valence-corrected chi connectivity index (χ1v) is 3.52. The highest BCUT2D eigenvalue weighted by atomic mass is 16.5. The molecule has 0 aliphatic rings. The normalized spacial score (nSPS) is 16.6. The van der Waals surface area contributed by atoms with Gasteiger partial charge in [0.05, 0.1) is 0 Å². The topological polar surface area (TPSA) is 46.5 Å². The van der Waals surface area contributed by atoms with E-state index in [9.17, 15) is 4.79 Å². The largest absolute Gasteiger partial charge is 0.479 e. The highest BCUT2D eigenvalue weighted by molar-refractivity contribution is 5.72. The van der Waals surface area contributed by atoms with Crippen molar-refractivity contribution in [2.24, 2.45) is 5.92 Å². The Kier molecular flexibility index (Phi) is 4.54. The Morgan fingerprint density at radius 1 is 1.64 bits per heavy atom. The van der Waals surface area contributed by atoms with Gasteiger partial charge in [-0.05, 0) is 6.92 Å². The second-order valence-electron chi connectivity index (χ2n) is 2.38. The maximum atomic E-state index is 10.5. The smallest absolute Gasteiger partial charge is 0.333 e. The summed E-state index contributed by atoms with van der Waals surface area (Å²) >= 11 is 0. The van der Waals surface area contributed by atoms with Gasteiger partial charge in [-0.25, -0.2) is 4.79 Å². The summed E-state index contributed by atoms with van der Waals surface area (Å²) < 4.78 is 4.78. The molecule has 0 saturated heterocycles. The Hall–Kier alpha value is -0.830. The van der Waals surface area contributed by atoms with Crippen molar-refractivity contribution in [3.05, 3.63) is 12.2 Å². The lowest BCUT2D eigenvalue weighted by Crippen LogP contribution is -2.28. The number of hydrogen-bond acceptors (Lipinski definition) is 2. The Morgan fingerprint density at radius 2 is 2.18 bits per heavy atom. The van der Waals surface area contributed by atoms with Crippen LogP contribution in [-0.2, 0) is 9.53 Å². The van der Waals surface area contributed by atoms with Gasteiger partial charge in [-0.15, -0.1) is 0 Å². The Balaban J connectivity index is 4.13. The van der Waals surface area contributed by atoms with Gasteiger partial charge in [-0.3, -0.25) is 0 Å². The molecule has 0 aromatic carbocycles. The fourth-order valence-corrected chi connectivity index (χ4v) is 0.945. The molecule has 64 valence electrons. The molecule has 3 heteroatoms. The zero-order chi connectivity index (χ0) is 8.85. The van der Waals surface area contributed by atoms with E-state index in [0.717, 1.165) is 0 Å². The van der Waals surface area contributed by atoms with Crippen molar-refractivity contribution in [1.82, 2.24) is 0 Å². The number of ether oxygens (including phenoxy) is 1. The van der Waals surface area contributed by atoms with Gasteiger partial charge in [-0.1, -0.05) is 19.1 Å². The van der Waals surface area contributed by atoms with E-state index < -0.39 is 12.1 Å². The fraction of sp³-hybridized carbons (Fsp3) is 0.625. The van der Waals surface area contributed by atoms with Crippen LogP contribution in [0.2, 0.25) is 0 Å². The minimum atomic E-state index is -0.918. The van der Waals surface area contributed by atoms with Crippen LogP contribution in [0, 0.1) is 5.92 Å². The minimum Gasteiger partial charge on any atom is -0.479 e. The van der Waals surface area contributed by atoms with Crippen LogP contribution in [0.5, 0.6) is 0 Å². The molecule has 0 heterocycles. The van der Waals surface area contributed by atoms with Gasteiger partial charge >= 0.3 is 5.97 Å². The lowest BCUT2D eigenvalue weighted by atomic mass is 10.0. The van der Waals surface area contributed by atoms with Crippen LogP contribution in [-0.4, -0.2) is 24.3 Å². The third kappa shape index (κ3) is 3.18. The second-order valence-corrected chi connectivity index (χ2v) is 2.38. The monoisotopic (exact) mass is 158 g/mol. The average molecular weight is 158 g/mol. The minimum absolute atomic E-state index is 0.0810. The summed E-state index contributed by atoms with van der Waals surface area (Å²) in [5.74, 6) is -0.999. The van der Waals surface area contributed by atoms with Crippen molar-refractivity contribution in [3.8, 4) is 0 Å². The lowest BCUT2D eigenvalue weighted by Gasteiger charge is -2.14. The van der Waals surface area contributed by atoms with E-state index in [4.69, 9.17) is 9.84 Å². The molecule has 0 bridgehead atoms. The molecule has 0 radical (unpaired) electrons. The van der Waals surface area contributed by atoms with Crippen molar-refractivity contribution in [1.29, 1.82) is 0 Å². The molecule has 1 N–H and O–H groups in total. The van der Waals surface area contributed by atoms with E-state index in [1.54, 1.807) is 0 Å². The van der Waals surface area contributed by atoms with Crippen LogP contribution in [0.3, 0.4) is 0 Å². The van der Waals surface area contributed by atoms with Crippen LogP contribution >= 0.6 is 0 Å². The van der Waals surface area contributed by atoms with Gasteiger partial charge in [0.2, 0.25) is 0 Å².